The maximum atomic E-state index is 11.0. The van der Waals surface area contributed by atoms with E-state index in [0.717, 1.165) is 44.9 Å². The number of benzene rings is 2. The number of hydrogen-bond acceptors (Lipinski definition) is 4. The maximum Gasteiger partial charge on any atom is 0.335 e. The van der Waals surface area contributed by atoms with Gasteiger partial charge >= 0.3 is 5.97 Å². The first-order chi connectivity index (χ1) is 13.9. The fourth-order valence-corrected chi connectivity index (χ4v) is 3.38. The number of rotatable bonds is 8. The third-order valence-electron chi connectivity index (χ3n) is 4.49. The molecule has 29 heavy (non-hydrogen) atoms. The zero-order valence-corrected chi connectivity index (χ0v) is 17.9. The topological polar surface area (TPSA) is 68.7 Å². The molecule has 0 atom stereocenters. The average Bonchev–Trinajstić information content (AvgIpc) is 2.71. The Kier molecular flexibility index (Phi) is 6.88. The summed E-state index contributed by atoms with van der Waals surface area (Å²) in [5, 5.41) is 9.01. The van der Waals surface area contributed by atoms with Crippen molar-refractivity contribution in [1.29, 1.82) is 0 Å². The number of methoxy groups -OCH3 is 1. The molecule has 0 aliphatic carbocycles. The smallest absolute Gasteiger partial charge is 0.335 e. The number of pyridine rings is 1. The van der Waals surface area contributed by atoms with Crippen LogP contribution in [0.25, 0.3) is 0 Å². The first-order valence-electron chi connectivity index (χ1n) is 9.19. The molecule has 0 fully saturated rings. The van der Waals surface area contributed by atoms with E-state index in [2.05, 4.69) is 27.0 Å². The van der Waals surface area contributed by atoms with Crippen LogP contribution < -0.4 is 9.47 Å². The molecule has 0 spiro atoms. The Hall–Kier alpha value is -2.86. The largest absolute Gasteiger partial charge is 0.497 e. The summed E-state index contributed by atoms with van der Waals surface area (Å²) in [5.74, 6) is 0.618. The van der Waals surface area contributed by atoms with Crippen molar-refractivity contribution in [3.05, 3.63) is 87.1 Å². The predicted octanol–water partition coefficient (Wildman–Crippen LogP) is 5.22. The fourth-order valence-electron chi connectivity index (χ4n) is 3.04. The van der Waals surface area contributed by atoms with Gasteiger partial charge in [0.15, 0.2) is 0 Å². The van der Waals surface area contributed by atoms with E-state index in [-0.39, 0.29) is 5.56 Å². The molecular formula is C23H22BrNO4. The predicted molar refractivity (Wildman–Crippen MR) is 115 cm³/mol. The van der Waals surface area contributed by atoms with Gasteiger partial charge in [0.05, 0.1) is 18.4 Å². The highest BCUT2D eigenvalue weighted by Gasteiger charge is 2.09. The minimum absolute atomic E-state index is 0.284. The van der Waals surface area contributed by atoms with Gasteiger partial charge in [-0.2, -0.15) is 0 Å². The van der Waals surface area contributed by atoms with Gasteiger partial charge in [-0.25, -0.2) is 9.78 Å². The molecule has 3 rings (SSSR count). The monoisotopic (exact) mass is 455 g/mol. The van der Waals surface area contributed by atoms with Crippen LogP contribution >= 0.6 is 15.9 Å². The molecule has 0 aliphatic heterocycles. The van der Waals surface area contributed by atoms with Crippen molar-refractivity contribution in [3.8, 4) is 11.5 Å². The lowest BCUT2D eigenvalue weighted by Gasteiger charge is -2.13. The van der Waals surface area contributed by atoms with Crippen molar-refractivity contribution in [2.45, 2.75) is 26.4 Å². The second-order valence-electron chi connectivity index (χ2n) is 6.73. The molecule has 0 aliphatic rings. The average molecular weight is 456 g/mol. The lowest BCUT2D eigenvalue weighted by Crippen LogP contribution is -2.03. The number of carbonyl (C=O) groups is 1. The molecule has 0 bridgehead atoms. The number of hydrogen-bond donors (Lipinski definition) is 1. The summed E-state index contributed by atoms with van der Waals surface area (Å²) in [7, 11) is 1.65. The van der Waals surface area contributed by atoms with Gasteiger partial charge < -0.3 is 14.6 Å². The van der Waals surface area contributed by atoms with Gasteiger partial charge in [0.25, 0.3) is 0 Å². The summed E-state index contributed by atoms with van der Waals surface area (Å²) in [4.78, 5) is 15.6. The van der Waals surface area contributed by atoms with Gasteiger partial charge in [0.2, 0.25) is 0 Å². The molecule has 0 unspecified atom stereocenters. The van der Waals surface area contributed by atoms with E-state index in [1.165, 1.54) is 0 Å². The summed E-state index contributed by atoms with van der Waals surface area (Å²) in [6, 6.07) is 16.7. The van der Waals surface area contributed by atoms with Crippen LogP contribution in [0, 0.1) is 6.92 Å². The number of aromatic nitrogens is 1. The normalized spacial score (nSPS) is 10.6. The van der Waals surface area contributed by atoms with Gasteiger partial charge in [-0.05, 0) is 88.8 Å². The van der Waals surface area contributed by atoms with E-state index < -0.39 is 5.97 Å². The Labute approximate surface area is 178 Å². The van der Waals surface area contributed by atoms with Crippen LogP contribution in [0.5, 0.6) is 11.5 Å². The summed E-state index contributed by atoms with van der Waals surface area (Å²) < 4.78 is 12.1. The van der Waals surface area contributed by atoms with Crippen molar-refractivity contribution < 1.29 is 19.4 Å². The van der Waals surface area contributed by atoms with Crippen LogP contribution in [0.1, 0.15) is 32.7 Å². The molecule has 1 heterocycles. The minimum atomic E-state index is -0.923. The van der Waals surface area contributed by atoms with Gasteiger partial charge in [0, 0.05) is 0 Å². The number of carboxylic acid groups (broad SMARTS) is 1. The fraction of sp³-hybridized carbons (Fsp3) is 0.217. The molecule has 0 saturated carbocycles. The molecule has 0 saturated heterocycles. The van der Waals surface area contributed by atoms with Crippen molar-refractivity contribution in [3.63, 3.8) is 0 Å². The van der Waals surface area contributed by atoms with Crippen LogP contribution in [0.15, 0.2) is 59.2 Å². The van der Waals surface area contributed by atoms with Gasteiger partial charge in [-0.1, -0.05) is 18.2 Å². The highest BCUT2D eigenvalue weighted by molar-refractivity contribution is 9.10. The van der Waals surface area contributed by atoms with Gasteiger partial charge in [-0.15, -0.1) is 0 Å². The Morgan fingerprint density at radius 2 is 1.79 bits per heavy atom. The third-order valence-corrected chi connectivity index (χ3v) is 4.93. The lowest BCUT2D eigenvalue weighted by molar-refractivity contribution is 0.0697. The Morgan fingerprint density at radius 3 is 2.48 bits per heavy atom. The Morgan fingerprint density at radius 1 is 1.03 bits per heavy atom. The van der Waals surface area contributed by atoms with E-state index in [4.69, 9.17) is 14.6 Å². The van der Waals surface area contributed by atoms with E-state index in [0.29, 0.717) is 13.0 Å². The quantitative estimate of drug-likeness (QED) is 0.471. The second kappa shape index (κ2) is 9.56. The van der Waals surface area contributed by atoms with Crippen LogP contribution in [-0.2, 0) is 19.4 Å². The van der Waals surface area contributed by atoms with Crippen molar-refractivity contribution in [1.82, 2.24) is 4.98 Å². The molecule has 1 aromatic heterocycles. The number of aryl methyl sites for hydroxylation is 3. The molecule has 3 aromatic rings. The molecule has 2 aromatic carbocycles. The zero-order chi connectivity index (χ0) is 20.8. The molecule has 0 radical (unpaired) electrons. The third kappa shape index (κ3) is 5.81. The van der Waals surface area contributed by atoms with E-state index in [1.54, 1.807) is 19.2 Å². The minimum Gasteiger partial charge on any atom is -0.497 e. The number of ether oxygens (including phenoxy) is 2. The molecule has 0 amide bonds. The van der Waals surface area contributed by atoms with Crippen LogP contribution in [0.2, 0.25) is 0 Å². The summed E-state index contributed by atoms with van der Waals surface area (Å²) in [6.45, 7) is 2.44. The van der Waals surface area contributed by atoms with E-state index in [9.17, 15) is 4.79 Å². The van der Waals surface area contributed by atoms with Gasteiger partial charge in [0.1, 0.15) is 22.7 Å². The van der Waals surface area contributed by atoms with Crippen LogP contribution in [-0.4, -0.2) is 23.2 Å². The highest BCUT2D eigenvalue weighted by Crippen LogP contribution is 2.24. The lowest BCUT2D eigenvalue weighted by atomic mass is 10.1. The van der Waals surface area contributed by atoms with Crippen LogP contribution in [0.4, 0.5) is 0 Å². The standard InChI is InChI=1S/C23H22BrNO4/c1-15-11-17(13-19(12-15)28-2)14-29-21-9-10-22(24)25-20(21)8-5-16-3-6-18(7-4-16)23(26)27/h3-4,6-7,9-13H,5,8,14H2,1-2H3,(H,26,27). The number of carboxylic acids is 1. The van der Waals surface area contributed by atoms with Crippen molar-refractivity contribution in [2.75, 3.05) is 7.11 Å². The number of halogens is 1. The summed E-state index contributed by atoms with van der Waals surface area (Å²) in [6.07, 6.45) is 1.41. The van der Waals surface area contributed by atoms with Crippen LogP contribution in [0.3, 0.4) is 0 Å². The van der Waals surface area contributed by atoms with Crippen molar-refractivity contribution >= 4 is 21.9 Å². The molecule has 1 N–H and O–H groups in total. The number of aromatic carboxylic acids is 1. The SMILES string of the molecule is COc1cc(C)cc(COc2ccc(Br)nc2CCc2ccc(C(=O)O)cc2)c1. The maximum absolute atomic E-state index is 11.0. The van der Waals surface area contributed by atoms with Gasteiger partial charge in [-0.3, -0.25) is 0 Å². The Bertz CT molecular complexity index is 1000. The first-order valence-corrected chi connectivity index (χ1v) is 9.99. The van der Waals surface area contributed by atoms with Crippen molar-refractivity contribution in [2.24, 2.45) is 0 Å². The van der Waals surface area contributed by atoms with E-state index >= 15 is 0 Å². The zero-order valence-electron chi connectivity index (χ0n) is 16.3. The second-order valence-corrected chi connectivity index (χ2v) is 7.54. The van der Waals surface area contributed by atoms with E-state index in [1.807, 2.05) is 43.3 Å². The Balaban J connectivity index is 1.70. The number of nitrogens with zero attached hydrogens (tertiary/aromatic N) is 1. The molecular weight excluding hydrogens is 434 g/mol. The first kappa shape index (κ1) is 20.9. The molecule has 5 nitrogen and oxygen atoms in total. The highest BCUT2D eigenvalue weighted by atomic mass is 79.9. The summed E-state index contributed by atoms with van der Waals surface area (Å²) in [5.41, 5.74) is 4.32. The molecule has 6 heteroatoms. The molecule has 150 valence electrons. The summed E-state index contributed by atoms with van der Waals surface area (Å²) >= 11 is 3.42.